The molecule has 1 aromatic rings. The second-order valence-corrected chi connectivity index (χ2v) is 3.57. The minimum atomic E-state index is -1.12. The van der Waals surface area contributed by atoms with E-state index < -0.39 is 6.09 Å². The van der Waals surface area contributed by atoms with Gasteiger partial charge in [-0.1, -0.05) is 29.5 Å². The molecule has 16 heavy (non-hydrogen) atoms. The minimum Gasteiger partial charge on any atom is -0.465 e. The summed E-state index contributed by atoms with van der Waals surface area (Å²) in [4.78, 5) is 10.4. The van der Waals surface area contributed by atoms with Crippen LogP contribution < -0.4 is 5.32 Å². The smallest absolute Gasteiger partial charge is 0.409 e. The summed E-state index contributed by atoms with van der Waals surface area (Å²) in [6.45, 7) is 0. The Morgan fingerprint density at radius 1 is 1.44 bits per heavy atom. The molecule has 0 aromatic heterocycles. The van der Waals surface area contributed by atoms with Gasteiger partial charge < -0.3 is 5.11 Å². The Kier molecular flexibility index (Phi) is 4.97. The molecule has 0 aliphatic carbocycles. The van der Waals surface area contributed by atoms with Crippen molar-refractivity contribution in [3.8, 4) is 11.8 Å². The van der Waals surface area contributed by atoms with E-state index in [1.807, 2.05) is 0 Å². The zero-order valence-corrected chi connectivity index (χ0v) is 9.77. The second kappa shape index (κ2) is 6.26. The third-order valence-electron chi connectivity index (χ3n) is 1.77. The van der Waals surface area contributed by atoms with Crippen LogP contribution in [0.15, 0.2) is 18.2 Å². The number of hydrogen-bond donors (Lipinski definition) is 2. The molecule has 0 heterocycles. The SMILES string of the molecule is O=C(O)Nc1ccc(CC#CCCl)c(Cl)c1. The highest BCUT2D eigenvalue weighted by molar-refractivity contribution is 6.31. The van der Waals surface area contributed by atoms with Crippen molar-refractivity contribution >= 4 is 35.0 Å². The van der Waals surface area contributed by atoms with Gasteiger partial charge in [-0.05, 0) is 17.7 Å². The number of carbonyl (C=O) groups is 1. The van der Waals surface area contributed by atoms with Crippen LogP contribution in [0.5, 0.6) is 0 Å². The van der Waals surface area contributed by atoms with Crippen molar-refractivity contribution in [3.63, 3.8) is 0 Å². The highest BCUT2D eigenvalue weighted by atomic mass is 35.5. The Labute approximate surface area is 103 Å². The molecule has 0 unspecified atom stereocenters. The topological polar surface area (TPSA) is 49.3 Å². The van der Waals surface area contributed by atoms with Gasteiger partial charge in [0.2, 0.25) is 0 Å². The third-order valence-corrected chi connectivity index (χ3v) is 2.26. The van der Waals surface area contributed by atoms with E-state index in [-0.39, 0.29) is 5.88 Å². The van der Waals surface area contributed by atoms with Gasteiger partial charge in [0.15, 0.2) is 0 Å². The highest BCUT2D eigenvalue weighted by Gasteiger charge is 2.02. The van der Waals surface area contributed by atoms with Crippen LogP contribution in [0.2, 0.25) is 5.02 Å². The molecule has 0 bridgehead atoms. The molecule has 0 saturated heterocycles. The predicted octanol–water partition coefficient (Wildman–Crippen LogP) is 3.21. The molecule has 0 atom stereocenters. The van der Waals surface area contributed by atoms with E-state index in [0.29, 0.717) is 17.1 Å². The molecular formula is C11H9Cl2NO2. The molecule has 1 rings (SSSR count). The van der Waals surface area contributed by atoms with Crippen molar-refractivity contribution in [2.45, 2.75) is 6.42 Å². The van der Waals surface area contributed by atoms with Crippen LogP contribution in [0.4, 0.5) is 10.5 Å². The van der Waals surface area contributed by atoms with Gasteiger partial charge in [-0.2, -0.15) is 0 Å². The van der Waals surface area contributed by atoms with Crippen molar-refractivity contribution < 1.29 is 9.90 Å². The molecule has 84 valence electrons. The monoisotopic (exact) mass is 257 g/mol. The Bertz CT molecular complexity index is 449. The molecule has 1 amide bonds. The van der Waals surface area contributed by atoms with Gasteiger partial charge in [0.25, 0.3) is 0 Å². The van der Waals surface area contributed by atoms with E-state index >= 15 is 0 Å². The summed E-state index contributed by atoms with van der Waals surface area (Å²) in [6.07, 6.45) is -0.621. The van der Waals surface area contributed by atoms with Crippen LogP contribution in [-0.2, 0) is 6.42 Å². The fourth-order valence-electron chi connectivity index (χ4n) is 1.10. The summed E-state index contributed by atoms with van der Waals surface area (Å²) in [5.41, 5.74) is 1.28. The third kappa shape index (κ3) is 4.01. The fraction of sp³-hybridized carbons (Fsp3) is 0.182. The number of amides is 1. The first-order chi connectivity index (χ1) is 7.63. The first-order valence-corrected chi connectivity index (χ1v) is 5.35. The Hall–Kier alpha value is -1.37. The van der Waals surface area contributed by atoms with Crippen molar-refractivity contribution in [3.05, 3.63) is 28.8 Å². The molecule has 0 fully saturated rings. The van der Waals surface area contributed by atoms with Gasteiger partial charge in [0.05, 0.1) is 5.88 Å². The standard InChI is InChI=1S/C11H9Cl2NO2/c12-6-2-1-3-8-4-5-9(7-10(8)13)14-11(15)16/h4-5,7,14H,3,6H2,(H,15,16). The predicted molar refractivity (Wildman–Crippen MR) is 65.3 cm³/mol. The van der Waals surface area contributed by atoms with Crippen LogP contribution in [0.3, 0.4) is 0 Å². The zero-order valence-electron chi connectivity index (χ0n) is 8.26. The molecule has 0 aliphatic heterocycles. The van der Waals surface area contributed by atoms with Gasteiger partial charge in [0.1, 0.15) is 0 Å². The summed E-state index contributed by atoms with van der Waals surface area (Å²) in [6, 6.07) is 4.92. The fourth-order valence-corrected chi connectivity index (χ4v) is 1.44. The summed E-state index contributed by atoms with van der Waals surface area (Å²) < 4.78 is 0. The number of nitrogens with one attached hydrogen (secondary N) is 1. The van der Waals surface area contributed by atoms with Gasteiger partial charge in [-0.15, -0.1) is 11.6 Å². The van der Waals surface area contributed by atoms with Crippen molar-refractivity contribution in [1.29, 1.82) is 0 Å². The number of halogens is 2. The molecule has 0 aliphatic rings. The lowest BCUT2D eigenvalue weighted by Crippen LogP contribution is -2.07. The molecule has 0 saturated carbocycles. The largest absolute Gasteiger partial charge is 0.465 e. The maximum Gasteiger partial charge on any atom is 0.409 e. The molecule has 3 nitrogen and oxygen atoms in total. The van der Waals surface area contributed by atoms with Gasteiger partial charge in [0, 0.05) is 17.1 Å². The normalized spacial score (nSPS) is 9.12. The molecule has 1 aromatic carbocycles. The molecule has 2 N–H and O–H groups in total. The minimum absolute atomic E-state index is 0.288. The number of hydrogen-bond acceptors (Lipinski definition) is 1. The van der Waals surface area contributed by atoms with E-state index in [4.69, 9.17) is 28.3 Å². The van der Waals surface area contributed by atoms with E-state index in [2.05, 4.69) is 17.2 Å². The number of carboxylic acid groups (broad SMARTS) is 1. The maximum atomic E-state index is 10.4. The van der Waals surface area contributed by atoms with E-state index in [0.717, 1.165) is 5.56 Å². The van der Waals surface area contributed by atoms with Gasteiger partial charge >= 0.3 is 6.09 Å². The van der Waals surface area contributed by atoms with E-state index in [9.17, 15) is 4.79 Å². The Balaban J connectivity index is 2.78. The number of benzene rings is 1. The summed E-state index contributed by atoms with van der Waals surface area (Å²) in [7, 11) is 0. The Morgan fingerprint density at radius 3 is 2.75 bits per heavy atom. The van der Waals surface area contributed by atoms with Crippen molar-refractivity contribution in [2.24, 2.45) is 0 Å². The van der Waals surface area contributed by atoms with Gasteiger partial charge in [-0.25, -0.2) is 4.79 Å². The number of rotatable bonds is 2. The lowest BCUT2D eigenvalue weighted by molar-refractivity contribution is 0.210. The summed E-state index contributed by atoms with van der Waals surface area (Å²) in [5.74, 6) is 5.86. The lowest BCUT2D eigenvalue weighted by atomic mass is 10.1. The van der Waals surface area contributed by atoms with Crippen molar-refractivity contribution in [1.82, 2.24) is 0 Å². The quantitative estimate of drug-likeness (QED) is 0.632. The van der Waals surface area contributed by atoms with E-state index in [1.54, 1.807) is 18.2 Å². The maximum absolute atomic E-state index is 10.4. The first-order valence-electron chi connectivity index (χ1n) is 4.43. The highest BCUT2D eigenvalue weighted by Crippen LogP contribution is 2.21. The summed E-state index contributed by atoms with van der Waals surface area (Å²) in [5, 5.41) is 11.2. The zero-order chi connectivity index (χ0) is 12.0. The number of anilines is 1. The van der Waals surface area contributed by atoms with Crippen LogP contribution in [0, 0.1) is 11.8 Å². The van der Waals surface area contributed by atoms with Crippen LogP contribution >= 0.6 is 23.2 Å². The van der Waals surface area contributed by atoms with Crippen LogP contribution in [0.25, 0.3) is 0 Å². The molecule has 0 radical (unpaired) electrons. The van der Waals surface area contributed by atoms with Crippen LogP contribution in [0.1, 0.15) is 5.56 Å². The van der Waals surface area contributed by atoms with Gasteiger partial charge in [-0.3, -0.25) is 5.32 Å². The van der Waals surface area contributed by atoms with Crippen molar-refractivity contribution in [2.75, 3.05) is 11.2 Å². The molecular weight excluding hydrogens is 249 g/mol. The second-order valence-electron chi connectivity index (χ2n) is 2.90. The van der Waals surface area contributed by atoms with E-state index in [1.165, 1.54) is 0 Å². The number of alkyl halides is 1. The first kappa shape index (κ1) is 12.7. The average molecular weight is 258 g/mol. The average Bonchev–Trinajstić information content (AvgIpc) is 2.20. The van der Waals surface area contributed by atoms with Crippen LogP contribution in [-0.4, -0.2) is 17.1 Å². The Morgan fingerprint density at radius 2 is 2.19 bits per heavy atom. The lowest BCUT2D eigenvalue weighted by Gasteiger charge is -2.04. The molecule has 0 spiro atoms. The molecule has 5 heteroatoms. The summed E-state index contributed by atoms with van der Waals surface area (Å²) >= 11 is 11.4.